The molecule has 0 fully saturated rings. The van der Waals surface area contributed by atoms with Crippen molar-refractivity contribution in [1.29, 1.82) is 0 Å². The third-order valence-corrected chi connectivity index (χ3v) is 10.8. The summed E-state index contributed by atoms with van der Waals surface area (Å²) in [4.78, 5) is 42.4. The zero-order chi connectivity index (χ0) is 39.1. The average molecular weight is 746 g/mol. The van der Waals surface area contributed by atoms with Crippen LogP contribution in [0.15, 0.2) is 85.1 Å². The van der Waals surface area contributed by atoms with Gasteiger partial charge in [0.25, 0.3) is 5.91 Å². The molecule has 0 aliphatic rings. The highest BCUT2D eigenvalue weighted by atomic mass is 28.3. The van der Waals surface area contributed by atoms with Gasteiger partial charge in [-0.05, 0) is 78.9 Å². The summed E-state index contributed by atoms with van der Waals surface area (Å²) in [7, 11) is -1.52. The standard InChI is InChI=1S/C41H53F2N5O4Si/c1-28(44)38(49)45-33-17-14-30(15-18-33)39(50)48(21-11-20-46(40(51)52)22-23-53(5,6)7)37(41(2,3)4)36-24-31(34-25-32(42)16-19-35(34)43)27-47(36)26-29-12-9-8-10-13-29/h8-10,12-19,24-25,27-28,37H,11,20-23,26,44H2,1-7H3,(H,45,49)(H,51,52)/t28-,37-/m0/s1. The summed E-state index contributed by atoms with van der Waals surface area (Å²) in [6.45, 7) is 15.5. The number of amides is 3. The summed E-state index contributed by atoms with van der Waals surface area (Å²) in [6.07, 6.45) is 1.15. The Morgan fingerprint density at radius 3 is 2.17 bits per heavy atom. The fourth-order valence-electron chi connectivity index (χ4n) is 6.28. The van der Waals surface area contributed by atoms with Gasteiger partial charge in [-0.25, -0.2) is 13.6 Å². The molecule has 0 bridgehead atoms. The number of nitrogens with two attached hydrogens (primary N) is 1. The number of carbonyl (C=O) groups is 3. The second-order valence-corrected chi connectivity index (χ2v) is 21.6. The van der Waals surface area contributed by atoms with Crippen LogP contribution in [-0.4, -0.2) is 71.1 Å². The number of anilines is 1. The molecule has 12 heteroatoms. The van der Waals surface area contributed by atoms with E-state index >= 15 is 4.39 Å². The molecule has 0 saturated carbocycles. The largest absolute Gasteiger partial charge is 0.465 e. The van der Waals surface area contributed by atoms with E-state index in [1.807, 2.05) is 61.7 Å². The molecule has 0 radical (unpaired) electrons. The van der Waals surface area contributed by atoms with E-state index in [1.165, 1.54) is 11.0 Å². The van der Waals surface area contributed by atoms with E-state index in [1.54, 1.807) is 42.3 Å². The first-order valence-electron chi connectivity index (χ1n) is 18.0. The lowest BCUT2D eigenvalue weighted by atomic mass is 9.82. The van der Waals surface area contributed by atoms with E-state index in [0.717, 1.165) is 23.7 Å². The maximum absolute atomic E-state index is 15.2. The number of carboxylic acid groups (broad SMARTS) is 1. The molecular formula is C41H53F2N5O4Si. The topological polar surface area (TPSA) is 121 Å². The molecule has 0 aliphatic carbocycles. The van der Waals surface area contributed by atoms with Gasteiger partial charge in [-0.1, -0.05) is 70.7 Å². The Morgan fingerprint density at radius 1 is 0.925 bits per heavy atom. The molecule has 0 unspecified atom stereocenters. The fourth-order valence-corrected chi connectivity index (χ4v) is 7.22. The Balaban J connectivity index is 1.82. The third kappa shape index (κ3) is 11.3. The molecule has 9 nitrogen and oxygen atoms in total. The molecule has 1 heterocycles. The van der Waals surface area contributed by atoms with Crippen LogP contribution in [0.25, 0.3) is 11.1 Å². The lowest BCUT2D eigenvalue weighted by Gasteiger charge is -2.41. The fraction of sp³-hybridized carbons (Fsp3) is 0.390. The number of carbonyl (C=O) groups excluding carboxylic acids is 2. The van der Waals surface area contributed by atoms with Crippen LogP contribution < -0.4 is 11.1 Å². The van der Waals surface area contributed by atoms with Crippen LogP contribution in [0.2, 0.25) is 25.7 Å². The minimum Gasteiger partial charge on any atom is -0.465 e. The Labute approximate surface area is 312 Å². The number of benzene rings is 3. The minimum absolute atomic E-state index is 0.104. The van der Waals surface area contributed by atoms with Gasteiger partial charge >= 0.3 is 6.09 Å². The maximum atomic E-state index is 15.2. The van der Waals surface area contributed by atoms with Gasteiger partial charge in [0.15, 0.2) is 0 Å². The number of rotatable bonds is 15. The van der Waals surface area contributed by atoms with Gasteiger partial charge in [-0.3, -0.25) is 9.59 Å². The maximum Gasteiger partial charge on any atom is 0.407 e. The van der Waals surface area contributed by atoms with E-state index in [-0.39, 0.29) is 30.5 Å². The summed E-state index contributed by atoms with van der Waals surface area (Å²) < 4.78 is 31.7. The van der Waals surface area contributed by atoms with E-state index in [4.69, 9.17) is 5.73 Å². The molecule has 3 amide bonds. The SMILES string of the molecule is C[C@H](N)C(=O)Nc1ccc(C(=O)N(CCCN(CC[Si](C)(C)C)C(=O)O)[C@@H](c2cc(-c3cc(F)ccc3F)cn2Cc2ccccc2)C(C)(C)C)cc1. The van der Waals surface area contributed by atoms with Crippen molar-refractivity contribution in [2.45, 2.75) is 78.4 Å². The Kier molecular flexibility index (Phi) is 13.4. The zero-order valence-electron chi connectivity index (χ0n) is 31.8. The van der Waals surface area contributed by atoms with Crippen LogP contribution in [0.5, 0.6) is 0 Å². The molecule has 0 saturated heterocycles. The van der Waals surface area contributed by atoms with Crippen LogP contribution in [0.1, 0.15) is 61.8 Å². The van der Waals surface area contributed by atoms with Crippen molar-refractivity contribution in [3.8, 4) is 11.1 Å². The molecule has 0 aliphatic heterocycles. The van der Waals surface area contributed by atoms with Gasteiger partial charge in [-0.2, -0.15) is 0 Å². The summed E-state index contributed by atoms with van der Waals surface area (Å²) in [5.41, 5.74) is 8.24. The van der Waals surface area contributed by atoms with Crippen molar-refractivity contribution >= 4 is 31.7 Å². The molecule has 2 atom stereocenters. The predicted octanol–water partition coefficient (Wildman–Crippen LogP) is 8.71. The first-order valence-corrected chi connectivity index (χ1v) is 21.7. The van der Waals surface area contributed by atoms with Crippen LogP contribution in [0.4, 0.5) is 19.3 Å². The van der Waals surface area contributed by atoms with E-state index in [2.05, 4.69) is 25.0 Å². The molecule has 0 spiro atoms. The van der Waals surface area contributed by atoms with Gasteiger partial charge in [0.2, 0.25) is 5.91 Å². The lowest BCUT2D eigenvalue weighted by molar-refractivity contribution is -0.117. The van der Waals surface area contributed by atoms with Crippen molar-refractivity contribution in [3.05, 3.63) is 114 Å². The molecule has 4 rings (SSSR count). The minimum atomic E-state index is -1.52. The van der Waals surface area contributed by atoms with Gasteiger partial charge in [-0.15, -0.1) is 0 Å². The molecule has 4 N–H and O–H groups in total. The van der Waals surface area contributed by atoms with Crippen molar-refractivity contribution in [1.82, 2.24) is 14.4 Å². The van der Waals surface area contributed by atoms with Gasteiger partial charge < -0.3 is 30.5 Å². The van der Waals surface area contributed by atoms with Gasteiger partial charge in [0.1, 0.15) is 11.6 Å². The lowest BCUT2D eigenvalue weighted by Crippen LogP contribution is -2.44. The average Bonchev–Trinajstić information content (AvgIpc) is 3.48. The molecular weight excluding hydrogens is 693 g/mol. The van der Waals surface area contributed by atoms with Crippen LogP contribution in [-0.2, 0) is 11.3 Å². The summed E-state index contributed by atoms with van der Waals surface area (Å²) in [5, 5.41) is 12.8. The highest BCUT2D eigenvalue weighted by Gasteiger charge is 2.38. The molecule has 4 aromatic rings. The van der Waals surface area contributed by atoms with Crippen molar-refractivity contribution in [2.75, 3.05) is 25.0 Å². The van der Waals surface area contributed by atoms with E-state index < -0.39 is 43.3 Å². The number of aromatic nitrogens is 1. The molecule has 3 aromatic carbocycles. The smallest absolute Gasteiger partial charge is 0.407 e. The Hall–Kier alpha value is -4.81. The number of hydrogen-bond acceptors (Lipinski definition) is 4. The van der Waals surface area contributed by atoms with Gasteiger partial charge in [0, 0.05) is 68.5 Å². The van der Waals surface area contributed by atoms with E-state index in [9.17, 15) is 23.9 Å². The first-order chi connectivity index (χ1) is 24.8. The highest BCUT2D eigenvalue weighted by molar-refractivity contribution is 6.76. The number of nitrogens with zero attached hydrogens (tertiary/aromatic N) is 3. The Bertz CT molecular complexity index is 1870. The number of nitrogens with one attached hydrogen (secondary N) is 1. The number of hydrogen-bond donors (Lipinski definition) is 3. The zero-order valence-corrected chi connectivity index (χ0v) is 32.8. The molecule has 1 aromatic heterocycles. The predicted molar refractivity (Wildman–Crippen MR) is 210 cm³/mol. The van der Waals surface area contributed by atoms with Crippen molar-refractivity contribution < 1.29 is 28.3 Å². The third-order valence-electron chi connectivity index (χ3n) is 9.08. The van der Waals surface area contributed by atoms with Crippen LogP contribution >= 0.6 is 0 Å². The van der Waals surface area contributed by atoms with Crippen LogP contribution in [0.3, 0.4) is 0 Å². The van der Waals surface area contributed by atoms with Crippen molar-refractivity contribution in [3.63, 3.8) is 0 Å². The monoisotopic (exact) mass is 745 g/mol. The van der Waals surface area contributed by atoms with Gasteiger partial charge in [0.05, 0.1) is 12.1 Å². The van der Waals surface area contributed by atoms with E-state index in [0.29, 0.717) is 42.0 Å². The summed E-state index contributed by atoms with van der Waals surface area (Å²) in [5.74, 6) is -1.80. The van der Waals surface area contributed by atoms with Crippen molar-refractivity contribution in [2.24, 2.45) is 11.1 Å². The normalized spacial score (nSPS) is 12.9. The summed E-state index contributed by atoms with van der Waals surface area (Å²) >= 11 is 0. The first kappa shape index (κ1) is 41.0. The summed E-state index contributed by atoms with van der Waals surface area (Å²) in [6, 6.07) is 21.0. The highest BCUT2D eigenvalue weighted by Crippen LogP contribution is 2.42. The number of halogens is 2. The Morgan fingerprint density at radius 2 is 1.58 bits per heavy atom. The van der Waals surface area contributed by atoms with Crippen LogP contribution in [0, 0.1) is 17.0 Å². The molecule has 284 valence electrons. The molecule has 53 heavy (non-hydrogen) atoms. The quantitative estimate of drug-likeness (QED) is 0.105. The second-order valence-electron chi connectivity index (χ2n) is 15.9. The second kappa shape index (κ2) is 17.3.